The quantitative estimate of drug-likeness (QED) is 0.491. The van der Waals surface area contributed by atoms with Crippen LogP contribution in [0.2, 0.25) is 0 Å². The molecule has 0 radical (unpaired) electrons. The number of carbonyl (C=O) groups is 3. The molecule has 0 aromatic heterocycles. The number of hydrogen-bond acceptors (Lipinski definition) is 6. The van der Waals surface area contributed by atoms with Crippen molar-refractivity contribution in [1.82, 2.24) is 0 Å². The Kier molecular flexibility index (Phi) is 12.8. The Morgan fingerprint density at radius 3 is 1.55 bits per heavy atom. The van der Waals surface area contributed by atoms with Crippen molar-refractivity contribution in [3.05, 3.63) is 0 Å². The minimum absolute atomic E-state index is 0.0871. The summed E-state index contributed by atoms with van der Waals surface area (Å²) in [5, 5.41) is 18.3. The zero-order chi connectivity index (χ0) is 23.4. The maximum absolute atomic E-state index is 11.3. The van der Waals surface area contributed by atoms with E-state index in [1.807, 2.05) is 13.8 Å². The zero-order valence-corrected chi connectivity index (χ0v) is 19.7. The van der Waals surface area contributed by atoms with Gasteiger partial charge in [-0.25, -0.2) is 0 Å². The second-order valence-electron chi connectivity index (χ2n) is 8.92. The molecule has 7 heteroatoms. The Hall–Kier alpha value is -1.63. The Balaban J connectivity index is 0.000000311. The highest BCUT2D eigenvalue weighted by atomic mass is 16.5. The molecule has 2 rings (SSSR count). The number of aliphatic hydroxyl groups is 1. The third-order valence-corrected chi connectivity index (χ3v) is 6.85. The molecule has 7 nitrogen and oxygen atoms in total. The monoisotopic (exact) mass is 442 g/mol. The maximum Gasteiger partial charge on any atom is 0.306 e. The summed E-state index contributed by atoms with van der Waals surface area (Å²) in [4.78, 5) is 33.6. The van der Waals surface area contributed by atoms with Crippen LogP contribution in [0.15, 0.2) is 0 Å². The first-order chi connectivity index (χ1) is 14.8. The Bertz CT molecular complexity index is 550. The molecule has 2 fully saturated rings. The third kappa shape index (κ3) is 9.17. The number of aliphatic hydroxyl groups excluding tert-OH is 1. The van der Waals surface area contributed by atoms with E-state index in [4.69, 9.17) is 14.6 Å². The van der Waals surface area contributed by atoms with E-state index in [2.05, 4.69) is 6.92 Å². The van der Waals surface area contributed by atoms with Crippen LogP contribution in [0, 0.1) is 35.5 Å². The lowest BCUT2D eigenvalue weighted by Crippen LogP contribution is -2.17. The zero-order valence-electron chi connectivity index (χ0n) is 19.7. The van der Waals surface area contributed by atoms with Crippen LogP contribution < -0.4 is 0 Å². The van der Waals surface area contributed by atoms with Gasteiger partial charge in [-0.2, -0.15) is 0 Å². The second kappa shape index (κ2) is 14.4. The predicted molar refractivity (Wildman–Crippen MR) is 117 cm³/mol. The molecule has 2 aliphatic carbocycles. The van der Waals surface area contributed by atoms with Crippen molar-refractivity contribution in [3.8, 4) is 0 Å². The van der Waals surface area contributed by atoms with Crippen molar-refractivity contribution in [2.75, 3.05) is 19.8 Å². The average Bonchev–Trinajstić information content (AvgIpc) is 3.32. The third-order valence-electron chi connectivity index (χ3n) is 6.85. The summed E-state index contributed by atoms with van der Waals surface area (Å²) < 4.78 is 9.82. The van der Waals surface area contributed by atoms with Crippen molar-refractivity contribution < 1.29 is 34.1 Å². The minimum Gasteiger partial charge on any atom is -0.481 e. The SMILES string of the molecule is CCOC(=O)C[C@@H]1C[C@@H](CC)[C@@H](C(=O)O)C1.CCOC(=O)C[C@@H]1C[C@@H](CC)[C@@H](CO)C1. The first-order valence-electron chi connectivity index (χ1n) is 11.9. The molecule has 0 spiro atoms. The number of aliphatic carboxylic acids is 1. The second-order valence-corrected chi connectivity index (χ2v) is 8.92. The van der Waals surface area contributed by atoms with E-state index >= 15 is 0 Å². The molecule has 0 aromatic rings. The highest BCUT2D eigenvalue weighted by molar-refractivity contribution is 5.72. The first-order valence-corrected chi connectivity index (χ1v) is 11.9. The first kappa shape index (κ1) is 27.4. The van der Waals surface area contributed by atoms with Crippen LogP contribution in [0.3, 0.4) is 0 Å². The van der Waals surface area contributed by atoms with Crippen molar-refractivity contribution >= 4 is 17.9 Å². The van der Waals surface area contributed by atoms with Crippen molar-refractivity contribution in [1.29, 1.82) is 0 Å². The topological polar surface area (TPSA) is 110 Å². The molecule has 0 heterocycles. The van der Waals surface area contributed by atoms with Crippen LogP contribution in [0.5, 0.6) is 0 Å². The van der Waals surface area contributed by atoms with Gasteiger partial charge in [0, 0.05) is 19.4 Å². The number of carboxylic acid groups (broad SMARTS) is 1. The lowest BCUT2D eigenvalue weighted by atomic mass is 9.94. The van der Waals surface area contributed by atoms with Crippen LogP contribution in [-0.4, -0.2) is 47.9 Å². The predicted octanol–water partition coefficient (Wildman–Crippen LogP) is 4.06. The molecule has 2 saturated carbocycles. The Morgan fingerprint density at radius 2 is 1.19 bits per heavy atom. The molecule has 0 aliphatic heterocycles. The lowest BCUT2D eigenvalue weighted by Gasteiger charge is -2.13. The van der Waals surface area contributed by atoms with Gasteiger partial charge < -0.3 is 19.7 Å². The van der Waals surface area contributed by atoms with Gasteiger partial charge >= 0.3 is 17.9 Å². The van der Waals surface area contributed by atoms with Gasteiger partial charge in [-0.15, -0.1) is 0 Å². The summed E-state index contributed by atoms with van der Waals surface area (Å²) in [6.45, 7) is 8.89. The number of hydrogen-bond donors (Lipinski definition) is 2. The smallest absolute Gasteiger partial charge is 0.306 e. The van der Waals surface area contributed by atoms with E-state index in [-0.39, 0.29) is 36.3 Å². The van der Waals surface area contributed by atoms with Gasteiger partial charge in [0.15, 0.2) is 0 Å². The molecule has 6 atom stereocenters. The van der Waals surface area contributed by atoms with Gasteiger partial charge in [0.2, 0.25) is 0 Å². The van der Waals surface area contributed by atoms with Crippen molar-refractivity contribution in [2.45, 2.75) is 79.1 Å². The maximum atomic E-state index is 11.3. The fourth-order valence-electron chi connectivity index (χ4n) is 5.30. The number of rotatable bonds is 10. The number of carbonyl (C=O) groups excluding carboxylic acids is 2. The lowest BCUT2D eigenvalue weighted by molar-refractivity contribution is -0.145. The van der Waals surface area contributed by atoms with Crippen LogP contribution in [0.1, 0.15) is 79.1 Å². The molecule has 0 bridgehead atoms. The average molecular weight is 443 g/mol. The van der Waals surface area contributed by atoms with Crippen LogP contribution in [0.4, 0.5) is 0 Å². The molecule has 0 amide bonds. The molecule has 2 N–H and O–H groups in total. The fourth-order valence-corrected chi connectivity index (χ4v) is 5.30. The van der Waals surface area contributed by atoms with Crippen LogP contribution >= 0.6 is 0 Å². The summed E-state index contributed by atoms with van der Waals surface area (Å²) in [6.07, 6.45) is 6.38. The van der Waals surface area contributed by atoms with Gasteiger partial charge in [-0.1, -0.05) is 26.7 Å². The Labute approximate surface area is 186 Å². The van der Waals surface area contributed by atoms with Gasteiger partial charge in [-0.05, 0) is 69.1 Å². The largest absolute Gasteiger partial charge is 0.481 e. The van der Waals surface area contributed by atoms with Gasteiger partial charge in [0.25, 0.3) is 0 Å². The summed E-state index contributed by atoms with van der Waals surface area (Å²) in [7, 11) is 0. The molecule has 0 unspecified atom stereocenters. The molecule has 180 valence electrons. The number of carboxylic acids is 1. The van der Waals surface area contributed by atoms with Crippen molar-refractivity contribution in [2.24, 2.45) is 35.5 Å². The molecular weight excluding hydrogens is 400 g/mol. The molecule has 2 aliphatic rings. The van der Waals surface area contributed by atoms with Gasteiger partial charge in [0.05, 0.1) is 19.1 Å². The standard InChI is InChI=1S/C12H20O4.C12H22O3/c1-3-9-5-8(6-10(9)12(14)15)7-11(13)16-4-2;1-3-10-5-9(6-11(10)8-13)7-12(14)15-4-2/h8-10H,3-7H2,1-2H3,(H,14,15);9-11,13H,3-8H2,1-2H3/t8-,9-,10+;9-,10-,11-/m11/s1. The summed E-state index contributed by atoms with van der Waals surface area (Å²) in [5.41, 5.74) is 0. The van der Waals surface area contributed by atoms with Crippen molar-refractivity contribution in [3.63, 3.8) is 0 Å². The van der Waals surface area contributed by atoms with E-state index in [0.717, 1.165) is 32.1 Å². The molecule has 31 heavy (non-hydrogen) atoms. The van der Waals surface area contributed by atoms with E-state index in [1.165, 1.54) is 0 Å². The summed E-state index contributed by atoms with van der Waals surface area (Å²) >= 11 is 0. The molecule has 0 aromatic carbocycles. The number of ether oxygens (including phenoxy) is 2. The highest BCUT2D eigenvalue weighted by Crippen LogP contribution is 2.40. The van der Waals surface area contributed by atoms with E-state index in [1.54, 1.807) is 6.92 Å². The highest BCUT2D eigenvalue weighted by Gasteiger charge is 2.38. The fraction of sp³-hybridized carbons (Fsp3) is 0.875. The summed E-state index contributed by atoms with van der Waals surface area (Å²) in [6, 6.07) is 0. The summed E-state index contributed by atoms with van der Waals surface area (Å²) in [5.74, 6) is 0.531. The van der Waals surface area contributed by atoms with E-state index in [9.17, 15) is 19.5 Å². The van der Waals surface area contributed by atoms with E-state index in [0.29, 0.717) is 50.2 Å². The molecular formula is C24H42O7. The van der Waals surface area contributed by atoms with Crippen LogP contribution in [0.25, 0.3) is 0 Å². The van der Waals surface area contributed by atoms with Gasteiger partial charge in [-0.3, -0.25) is 14.4 Å². The minimum atomic E-state index is -0.724. The van der Waals surface area contributed by atoms with Crippen LogP contribution in [-0.2, 0) is 23.9 Å². The molecule has 0 saturated heterocycles. The van der Waals surface area contributed by atoms with Gasteiger partial charge in [0.1, 0.15) is 0 Å². The number of esters is 2. The Morgan fingerprint density at radius 1 is 0.742 bits per heavy atom. The van der Waals surface area contributed by atoms with E-state index < -0.39 is 5.97 Å². The normalized spacial score (nSPS) is 29.7.